The van der Waals surface area contributed by atoms with Crippen LogP contribution in [0, 0.1) is 0 Å². The van der Waals surface area contributed by atoms with Crippen molar-refractivity contribution in [3.8, 4) is 11.3 Å². The van der Waals surface area contributed by atoms with Crippen LogP contribution in [0.3, 0.4) is 0 Å². The van der Waals surface area contributed by atoms with E-state index in [1.54, 1.807) is 24.3 Å². The van der Waals surface area contributed by atoms with Gasteiger partial charge in [-0.1, -0.05) is 35.9 Å². The highest BCUT2D eigenvalue weighted by atomic mass is 35.5. The first-order valence-corrected chi connectivity index (χ1v) is 9.72. The van der Waals surface area contributed by atoms with Gasteiger partial charge in [0.15, 0.2) is 0 Å². The monoisotopic (exact) mass is 434 g/mol. The number of benzene rings is 2. The zero-order chi connectivity index (χ0) is 21.3. The molecule has 2 heterocycles. The fourth-order valence-corrected chi connectivity index (χ4v) is 3.69. The number of anilines is 2. The molecule has 3 aromatic rings. The van der Waals surface area contributed by atoms with E-state index in [1.165, 1.54) is 12.1 Å². The van der Waals surface area contributed by atoms with Gasteiger partial charge in [-0.15, -0.1) is 0 Å². The highest BCUT2D eigenvalue weighted by molar-refractivity contribution is 6.33. The summed E-state index contributed by atoms with van der Waals surface area (Å²) in [6, 6.07) is 13.8. The number of alkyl halides is 3. The van der Waals surface area contributed by atoms with E-state index in [0.29, 0.717) is 54.1 Å². The summed E-state index contributed by atoms with van der Waals surface area (Å²) in [6.07, 6.45) is -4.37. The Hall–Kier alpha value is -3.00. The molecule has 0 spiro atoms. The van der Waals surface area contributed by atoms with E-state index >= 15 is 0 Å². The lowest BCUT2D eigenvalue weighted by Gasteiger charge is -2.36. The lowest BCUT2D eigenvalue weighted by atomic mass is 10.1. The summed E-state index contributed by atoms with van der Waals surface area (Å²) < 4.78 is 39.0. The van der Waals surface area contributed by atoms with Crippen molar-refractivity contribution in [1.82, 2.24) is 9.97 Å². The van der Waals surface area contributed by atoms with Crippen LogP contribution in [0.4, 0.5) is 24.8 Å². The first-order chi connectivity index (χ1) is 14.3. The number of nitrogens with zero attached hydrogens (tertiary/aromatic N) is 3. The molecule has 4 rings (SSSR count). The van der Waals surface area contributed by atoms with Gasteiger partial charge in [0.2, 0.25) is 5.95 Å². The van der Waals surface area contributed by atoms with Crippen molar-refractivity contribution in [2.45, 2.75) is 6.18 Å². The fraction of sp³-hybridized carbons (Fsp3) is 0.238. The lowest BCUT2D eigenvalue weighted by Crippen LogP contribution is -2.47. The number of hydrogen-bond donors (Lipinski definition) is 1. The molecule has 1 aliphatic rings. The first-order valence-electron chi connectivity index (χ1n) is 9.35. The Morgan fingerprint density at radius 1 is 0.933 bits per heavy atom. The Kier molecular flexibility index (Phi) is 5.42. The Morgan fingerprint density at radius 2 is 1.63 bits per heavy atom. The third-order valence-electron chi connectivity index (χ3n) is 5.00. The van der Waals surface area contributed by atoms with E-state index in [4.69, 9.17) is 11.6 Å². The van der Waals surface area contributed by atoms with Crippen molar-refractivity contribution in [3.05, 3.63) is 75.5 Å². The molecule has 30 heavy (non-hydrogen) atoms. The molecule has 0 unspecified atom stereocenters. The number of aromatic nitrogens is 2. The summed E-state index contributed by atoms with van der Waals surface area (Å²) >= 11 is 6.23. The predicted molar refractivity (Wildman–Crippen MR) is 111 cm³/mol. The van der Waals surface area contributed by atoms with Crippen molar-refractivity contribution in [1.29, 1.82) is 0 Å². The first kappa shape index (κ1) is 20.3. The maximum atomic E-state index is 13.0. The number of nitrogens with one attached hydrogen (secondary N) is 1. The molecule has 0 radical (unpaired) electrons. The quantitative estimate of drug-likeness (QED) is 0.662. The highest BCUT2D eigenvalue weighted by Crippen LogP contribution is 2.32. The molecule has 0 atom stereocenters. The van der Waals surface area contributed by atoms with E-state index in [-0.39, 0.29) is 5.56 Å². The maximum Gasteiger partial charge on any atom is 0.416 e. The number of hydrogen-bond acceptors (Lipinski definition) is 4. The zero-order valence-electron chi connectivity index (χ0n) is 15.8. The molecule has 0 amide bonds. The van der Waals surface area contributed by atoms with Crippen LogP contribution in [-0.4, -0.2) is 36.1 Å². The second-order valence-electron chi connectivity index (χ2n) is 6.96. The van der Waals surface area contributed by atoms with Gasteiger partial charge in [0.25, 0.3) is 5.56 Å². The average Bonchev–Trinajstić information content (AvgIpc) is 2.73. The predicted octanol–water partition coefficient (Wildman–Crippen LogP) is 4.44. The fourth-order valence-electron chi connectivity index (χ4n) is 3.46. The molecule has 1 aromatic heterocycles. The van der Waals surface area contributed by atoms with Gasteiger partial charge in [-0.2, -0.15) is 13.2 Å². The van der Waals surface area contributed by atoms with Crippen molar-refractivity contribution >= 4 is 23.2 Å². The molecule has 1 saturated heterocycles. The van der Waals surface area contributed by atoms with Crippen LogP contribution in [0.15, 0.2) is 59.4 Å². The number of halogens is 4. The second kappa shape index (κ2) is 8.02. The molecule has 1 aliphatic heterocycles. The summed E-state index contributed by atoms with van der Waals surface area (Å²) in [5.74, 6) is 0.418. The molecule has 0 bridgehead atoms. The Labute approximate surface area is 175 Å². The zero-order valence-corrected chi connectivity index (χ0v) is 16.5. The summed E-state index contributed by atoms with van der Waals surface area (Å²) in [6.45, 7) is 2.01. The molecule has 1 N–H and O–H groups in total. The van der Waals surface area contributed by atoms with Gasteiger partial charge in [0, 0.05) is 48.5 Å². The molecular weight excluding hydrogens is 417 g/mol. The molecule has 9 heteroatoms. The molecule has 2 aromatic carbocycles. The Morgan fingerprint density at radius 3 is 2.33 bits per heavy atom. The third kappa shape index (κ3) is 4.28. The normalized spacial score (nSPS) is 14.8. The third-order valence-corrected chi connectivity index (χ3v) is 5.33. The Bertz CT molecular complexity index is 1110. The SMILES string of the molecule is O=c1cc(-c2ccccc2Cl)nc(N2CCN(c3cccc(C(F)(F)F)c3)CC2)[nH]1. The van der Waals surface area contributed by atoms with Gasteiger partial charge >= 0.3 is 6.18 Å². The molecule has 0 saturated carbocycles. The van der Waals surface area contributed by atoms with E-state index < -0.39 is 11.7 Å². The standard InChI is InChI=1S/C21H18ClF3N4O/c22-17-7-2-1-6-16(17)18-13-19(30)27-20(26-18)29-10-8-28(9-11-29)15-5-3-4-14(12-15)21(23,24)25/h1-7,12-13H,8-11H2,(H,26,27,30). The van der Waals surface area contributed by atoms with Gasteiger partial charge in [0.05, 0.1) is 11.3 Å². The Balaban J connectivity index is 1.53. The van der Waals surface area contributed by atoms with Gasteiger partial charge in [0.1, 0.15) is 0 Å². The molecule has 1 fully saturated rings. The van der Waals surface area contributed by atoms with Crippen LogP contribution in [-0.2, 0) is 6.18 Å². The van der Waals surface area contributed by atoms with Gasteiger partial charge in [-0.3, -0.25) is 9.78 Å². The second-order valence-corrected chi connectivity index (χ2v) is 7.36. The minimum Gasteiger partial charge on any atom is -0.368 e. The van der Waals surface area contributed by atoms with Gasteiger partial charge in [-0.25, -0.2) is 4.98 Å². The van der Waals surface area contributed by atoms with Gasteiger partial charge < -0.3 is 9.80 Å². The van der Waals surface area contributed by atoms with Crippen LogP contribution in [0.2, 0.25) is 5.02 Å². The van der Waals surface area contributed by atoms with Crippen molar-refractivity contribution in [2.24, 2.45) is 0 Å². The summed E-state index contributed by atoms with van der Waals surface area (Å²) in [7, 11) is 0. The van der Waals surface area contributed by atoms with E-state index in [1.807, 2.05) is 15.9 Å². The average molecular weight is 435 g/mol. The number of rotatable bonds is 3. The van der Waals surface area contributed by atoms with Crippen molar-refractivity contribution < 1.29 is 13.2 Å². The number of H-pyrrole nitrogens is 1. The van der Waals surface area contributed by atoms with Crippen molar-refractivity contribution in [2.75, 3.05) is 36.0 Å². The van der Waals surface area contributed by atoms with E-state index in [0.717, 1.165) is 12.1 Å². The highest BCUT2D eigenvalue weighted by Gasteiger charge is 2.31. The van der Waals surface area contributed by atoms with E-state index in [2.05, 4.69) is 9.97 Å². The number of aromatic amines is 1. The molecule has 5 nitrogen and oxygen atoms in total. The summed E-state index contributed by atoms with van der Waals surface area (Å²) in [5.41, 5.74) is 0.695. The minimum absolute atomic E-state index is 0.296. The van der Waals surface area contributed by atoms with E-state index in [9.17, 15) is 18.0 Å². The molecule has 0 aliphatic carbocycles. The summed E-state index contributed by atoms with van der Waals surface area (Å²) in [5, 5.41) is 0.496. The van der Waals surface area contributed by atoms with Crippen LogP contribution in [0.25, 0.3) is 11.3 Å². The smallest absolute Gasteiger partial charge is 0.368 e. The largest absolute Gasteiger partial charge is 0.416 e. The van der Waals surface area contributed by atoms with Crippen LogP contribution in [0.1, 0.15) is 5.56 Å². The number of piperazine rings is 1. The van der Waals surface area contributed by atoms with Gasteiger partial charge in [-0.05, 0) is 24.3 Å². The maximum absolute atomic E-state index is 13.0. The molecular formula is C21H18ClF3N4O. The minimum atomic E-state index is -4.37. The lowest BCUT2D eigenvalue weighted by molar-refractivity contribution is -0.137. The van der Waals surface area contributed by atoms with Crippen LogP contribution >= 0.6 is 11.6 Å². The van der Waals surface area contributed by atoms with Crippen molar-refractivity contribution in [3.63, 3.8) is 0 Å². The van der Waals surface area contributed by atoms with Crippen LogP contribution < -0.4 is 15.4 Å². The molecule has 156 valence electrons. The summed E-state index contributed by atoms with van der Waals surface area (Å²) in [4.78, 5) is 23.3. The van der Waals surface area contributed by atoms with Crippen LogP contribution in [0.5, 0.6) is 0 Å². The topological polar surface area (TPSA) is 52.2 Å².